The van der Waals surface area contributed by atoms with Gasteiger partial charge in [-0.25, -0.2) is 4.89 Å². The van der Waals surface area contributed by atoms with Gasteiger partial charge in [0.2, 0.25) is 0 Å². The summed E-state index contributed by atoms with van der Waals surface area (Å²) in [5.41, 5.74) is 0.370. The third-order valence-corrected chi connectivity index (χ3v) is 6.57. The second kappa shape index (κ2) is 6.13. The molecule has 0 radical (unpaired) electrons. The van der Waals surface area contributed by atoms with Crippen LogP contribution in [0.5, 0.6) is 0 Å². The summed E-state index contributed by atoms with van der Waals surface area (Å²) in [5.74, 6) is 0.806. The summed E-state index contributed by atoms with van der Waals surface area (Å²) in [5, 5.41) is 9.34. The van der Waals surface area contributed by atoms with Crippen molar-refractivity contribution in [3.8, 4) is 0 Å². The predicted octanol–water partition coefficient (Wildman–Crippen LogP) is 5.42. The zero-order valence-electron chi connectivity index (χ0n) is 13.1. The highest BCUT2D eigenvalue weighted by atomic mass is 17.1. The molecule has 0 aromatic carbocycles. The highest BCUT2D eigenvalue weighted by Crippen LogP contribution is 2.56. The van der Waals surface area contributed by atoms with Crippen LogP contribution in [0.15, 0.2) is 0 Å². The summed E-state index contributed by atoms with van der Waals surface area (Å²) in [6.45, 7) is 7.12. The average Bonchev–Trinajstić information content (AvgIpc) is 2.71. The molecule has 0 saturated heterocycles. The van der Waals surface area contributed by atoms with Gasteiger partial charge in [0.15, 0.2) is 0 Å². The molecule has 112 valence electrons. The number of hydrogen-bond donors (Lipinski definition) is 1. The van der Waals surface area contributed by atoms with E-state index in [9.17, 15) is 5.26 Å². The monoisotopic (exact) mass is 268 g/mol. The van der Waals surface area contributed by atoms with Gasteiger partial charge in [0.05, 0.1) is 6.10 Å². The van der Waals surface area contributed by atoms with Gasteiger partial charge >= 0.3 is 0 Å². The van der Waals surface area contributed by atoms with Crippen LogP contribution in [0.25, 0.3) is 0 Å². The second-order valence-electron chi connectivity index (χ2n) is 7.67. The molecule has 1 N–H and O–H groups in total. The lowest BCUT2D eigenvalue weighted by Crippen LogP contribution is -2.48. The van der Waals surface area contributed by atoms with Crippen molar-refractivity contribution in [3.05, 3.63) is 0 Å². The molecule has 0 bridgehead atoms. The van der Waals surface area contributed by atoms with Gasteiger partial charge in [0.25, 0.3) is 0 Å². The van der Waals surface area contributed by atoms with Gasteiger partial charge in [-0.15, -0.1) is 0 Å². The molecule has 0 heterocycles. The largest absolute Gasteiger partial charge is 0.252 e. The Kier molecular flexibility index (Phi) is 4.94. The summed E-state index contributed by atoms with van der Waals surface area (Å²) >= 11 is 0. The Balaban J connectivity index is 2.25. The molecule has 2 fully saturated rings. The second-order valence-corrected chi connectivity index (χ2v) is 7.67. The molecule has 2 aliphatic rings. The zero-order valence-corrected chi connectivity index (χ0v) is 13.1. The SMILES string of the molecule is CC1(C)C(OO)CCCCC1(C)C1CCCCCC1. The maximum Gasteiger partial charge on any atom is 0.0983 e. The maximum absolute atomic E-state index is 9.34. The highest BCUT2D eigenvalue weighted by molar-refractivity contribution is 5.00. The molecular formula is C17H32O2. The predicted molar refractivity (Wildman–Crippen MR) is 79.0 cm³/mol. The topological polar surface area (TPSA) is 29.5 Å². The maximum atomic E-state index is 9.34. The van der Waals surface area contributed by atoms with Gasteiger partial charge in [-0.1, -0.05) is 59.3 Å². The van der Waals surface area contributed by atoms with Crippen LogP contribution in [0, 0.1) is 16.7 Å². The Morgan fingerprint density at radius 2 is 1.42 bits per heavy atom. The Bertz CT molecular complexity index is 279. The third kappa shape index (κ3) is 2.85. The van der Waals surface area contributed by atoms with Gasteiger partial charge in [-0.3, -0.25) is 5.26 Å². The van der Waals surface area contributed by atoms with Crippen LogP contribution >= 0.6 is 0 Å². The van der Waals surface area contributed by atoms with Crippen molar-refractivity contribution in [2.75, 3.05) is 0 Å². The van der Waals surface area contributed by atoms with Gasteiger partial charge in [0.1, 0.15) is 0 Å². The van der Waals surface area contributed by atoms with E-state index in [0.29, 0.717) is 5.41 Å². The van der Waals surface area contributed by atoms with Crippen LogP contribution in [0.3, 0.4) is 0 Å². The van der Waals surface area contributed by atoms with Crippen LogP contribution in [0.4, 0.5) is 0 Å². The molecular weight excluding hydrogens is 236 g/mol. The molecule has 2 unspecified atom stereocenters. The Labute approximate surface area is 118 Å². The minimum Gasteiger partial charge on any atom is -0.252 e. The Hall–Kier alpha value is -0.0800. The smallest absolute Gasteiger partial charge is 0.0983 e. The zero-order chi connectivity index (χ0) is 13.9. The molecule has 0 aliphatic heterocycles. The van der Waals surface area contributed by atoms with Crippen LogP contribution in [0.1, 0.15) is 85.0 Å². The van der Waals surface area contributed by atoms with Crippen molar-refractivity contribution in [2.45, 2.75) is 91.1 Å². The van der Waals surface area contributed by atoms with Gasteiger partial charge < -0.3 is 0 Å². The number of hydrogen-bond acceptors (Lipinski definition) is 2. The lowest BCUT2D eigenvalue weighted by molar-refractivity contribution is -0.314. The molecule has 0 aromatic heterocycles. The minimum absolute atomic E-state index is 0.00301. The Morgan fingerprint density at radius 1 is 0.842 bits per heavy atom. The van der Waals surface area contributed by atoms with Crippen molar-refractivity contribution in [1.82, 2.24) is 0 Å². The fourth-order valence-corrected chi connectivity index (χ4v) is 4.70. The molecule has 0 spiro atoms. The summed E-state index contributed by atoms with van der Waals surface area (Å²) in [6, 6.07) is 0. The first-order valence-electron chi connectivity index (χ1n) is 8.32. The average molecular weight is 268 g/mol. The third-order valence-electron chi connectivity index (χ3n) is 6.57. The lowest BCUT2D eigenvalue weighted by Gasteiger charge is -2.51. The van der Waals surface area contributed by atoms with Crippen LogP contribution in [0.2, 0.25) is 0 Å². The number of rotatable bonds is 2. The van der Waals surface area contributed by atoms with Crippen LogP contribution in [-0.4, -0.2) is 11.4 Å². The van der Waals surface area contributed by atoms with Gasteiger partial charge in [-0.05, 0) is 42.4 Å². The van der Waals surface area contributed by atoms with E-state index in [2.05, 4.69) is 20.8 Å². The summed E-state index contributed by atoms with van der Waals surface area (Å²) in [4.78, 5) is 4.90. The Morgan fingerprint density at radius 3 is 2.00 bits per heavy atom. The van der Waals surface area contributed by atoms with Crippen molar-refractivity contribution < 1.29 is 10.1 Å². The first kappa shape index (κ1) is 15.3. The fourth-order valence-electron chi connectivity index (χ4n) is 4.70. The molecule has 2 saturated carbocycles. The van der Waals surface area contributed by atoms with E-state index >= 15 is 0 Å². The van der Waals surface area contributed by atoms with E-state index in [1.807, 2.05) is 0 Å². The van der Waals surface area contributed by atoms with Gasteiger partial charge in [0, 0.05) is 0 Å². The van der Waals surface area contributed by atoms with Crippen LogP contribution in [-0.2, 0) is 4.89 Å². The molecule has 2 rings (SSSR count). The lowest BCUT2D eigenvalue weighted by atomic mass is 9.55. The summed E-state index contributed by atoms with van der Waals surface area (Å²) in [6.07, 6.45) is 13.1. The van der Waals surface area contributed by atoms with E-state index in [4.69, 9.17) is 4.89 Å². The molecule has 2 aliphatic carbocycles. The van der Waals surface area contributed by atoms with Crippen molar-refractivity contribution in [1.29, 1.82) is 0 Å². The van der Waals surface area contributed by atoms with Gasteiger partial charge in [-0.2, -0.15) is 0 Å². The molecule has 2 heteroatoms. The van der Waals surface area contributed by atoms with E-state index in [0.717, 1.165) is 12.3 Å². The quantitative estimate of drug-likeness (QED) is 0.411. The normalized spacial score (nSPS) is 37.6. The van der Waals surface area contributed by atoms with Crippen molar-refractivity contribution >= 4 is 0 Å². The molecule has 0 amide bonds. The summed E-state index contributed by atoms with van der Waals surface area (Å²) < 4.78 is 0. The molecule has 0 aromatic rings. The van der Waals surface area contributed by atoms with E-state index < -0.39 is 0 Å². The van der Waals surface area contributed by atoms with Crippen molar-refractivity contribution in [3.63, 3.8) is 0 Å². The minimum atomic E-state index is 0.00301. The first-order chi connectivity index (χ1) is 9.02. The first-order valence-corrected chi connectivity index (χ1v) is 8.32. The van der Waals surface area contributed by atoms with E-state index in [1.54, 1.807) is 0 Å². The van der Waals surface area contributed by atoms with E-state index in [-0.39, 0.29) is 11.5 Å². The molecule has 19 heavy (non-hydrogen) atoms. The van der Waals surface area contributed by atoms with E-state index in [1.165, 1.54) is 57.8 Å². The van der Waals surface area contributed by atoms with Crippen molar-refractivity contribution in [2.24, 2.45) is 16.7 Å². The summed E-state index contributed by atoms with van der Waals surface area (Å²) in [7, 11) is 0. The molecule has 2 nitrogen and oxygen atoms in total. The fraction of sp³-hybridized carbons (Fsp3) is 1.00. The highest BCUT2D eigenvalue weighted by Gasteiger charge is 2.51. The van der Waals surface area contributed by atoms with Crippen LogP contribution < -0.4 is 0 Å². The standard InChI is InChI=1S/C17H32O2/c1-16(2)15(19-18)12-8-9-13-17(16,3)14-10-6-4-5-7-11-14/h14-15,18H,4-13H2,1-3H3. The molecule has 2 atom stereocenters.